The van der Waals surface area contributed by atoms with E-state index in [-0.39, 0.29) is 11.9 Å². The molecule has 0 bridgehead atoms. The Kier molecular flexibility index (Phi) is 3.07. The molecule has 2 nitrogen and oxygen atoms in total. The average Bonchev–Trinajstić information content (AvgIpc) is 2.67. The molecule has 1 atom stereocenters. The van der Waals surface area contributed by atoms with Crippen LogP contribution in [-0.2, 0) is 4.74 Å². The lowest BCUT2D eigenvalue weighted by Crippen LogP contribution is -2.13. The van der Waals surface area contributed by atoms with Gasteiger partial charge in [0.2, 0.25) is 0 Å². The monoisotopic (exact) mass is 271 g/mol. The van der Waals surface area contributed by atoms with Gasteiger partial charge in [0, 0.05) is 10.9 Å². The van der Waals surface area contributed by atoms with Gasteiger partial charge in [-0.3, -0.25) is 0 Å². The van der Waals surface area contributed by atoms with Crippen molar-refractivity contribution in [2.45, 2.75) is 12.5 Å². The Morgan fingerprint density at radius 2 is 2.20 bits per heavy atom. The molecule has 1 unspecified atom stereocenters. The third kappa shape index (κ3) is 2.38. The van der Waals surface area contributed by atoms with E-state index < -0.39 is 0 Å². The lowest BCUT2D eigenvalue weighted by molar-refractivity contribution is 0.225. The van der Waals surface area contributed by atoms with Gasteiger partial charge >= 0.3 is 0 Å². The largest absolute Gasteiger partial charge is 0.496 e. The molecule has 1 aromatic rings. The van der Waals surface area contributed by atoms with Crippen LogP contribution in [0, 0.1) is 5.82 Å². The fourth-order valence-corrected chi connectivity index (χ4v) is 2.06. The van der Waals surface area contributed by atoms with Crippen molar-refractivity contribution in [1.29, 1.82) is 0 Å². The zero-order chi connectivity index (χ0) is 10.8. The number of ether oxygens (including phenoxy) is 1. The van der Waals surface area contributed by atoms with Gasteiger partial charge in [-0.1, -0.05) is 15.9 Å². The number of benzene rings is 1. The van der Waals surface area contributed by atoms with Crippen molar-refractivity contribution in [3.8, 4) is 0 Å². The molecule has 15 heavy (non-hydrogen) atoms. The Morgan fingerprint density at radius 1 is 1.40 bits per heavy atom. The third-order valence-corrected chi connectivity index (χ3v) is 2.74. The van der Waals surface area contributed by atoms with Gasteiger partial charge in [-0.2, -0.15) is 0 Å². The summed E-state index contributed by atoms with van der Waals surface area (Å²) >= 11 is 3.23. The third-order valence-electron chi connectivity index (χ3n) is 2.28. The predicted octanol–water partition coefficient (Wildman–Crippen LogP) is 2.89. The van der Waals surface area contributed by atoms with E-state index in [0.717, 1.165) is 17.7 Å². The van der Waals surface area contributed by atoms with Crippen LogP contribution < -0.4 is 5.73 Å². The summed E-state index contributed by atoms with van der Waals surface area (Å²) in [6.07, 6.45) is 2.82. The van der Waals surface area contributed by atoms with Gasteiger partial charge < -0.3 is 10.5 Å². The van der Waals surface area contributed by atoms with Gasteiger partial charge in [0.1, 0.15) is 11.6 Å². The Balaban J connectivity index is 2.28. The minimum atomic E-state index is -0.375. The highest BCUT2D eigenvalue weighted by atomic mass is 79.9. The van der Waals surface area contributed by atoms with Crippen LogP contribution in [0.3, 0.4) is 0 Å². The van der Waals surface area contributed by atoms with E-state index in [1.165, 1.54) is 12.1 Å². The Bertz CT molecular complexity index is 385. The maximum absolute atomic E-state index is 13.1. The molecule has 0 radical (unpaired) electrons. The van der Waals surface area contributed by atoms with E-state index in [2.05, 4.69) is 15.9 Å². The van der Waals surface area contributed by atoms with E-state index in [1.807, 2.05) is 6.08 Å². The fourth-order valence-electron chi connectivity index (χ4n) is 1.57. The second-order valence-electron chi connectivity index (χ2n) is 3.42. The summed E-state index contributed by atoms with van der Waals surface area (Å²) in [6.45, 7) is 0.666. The van der Waals surface area contributed by atoms with Crippen molar-refractivity contribution in [3.63, 3.8) is 0 Å². The van der Waals surface area contributed by atoms with Crippen molar-refractivity contribution in [3.05, 3.63) is 45.9 Å². The summed E-state index contributed by atoms with van der Waals surface area (Å²) in [4.78, 5) is 0. The van der Waals surface area contributed by atoms with E-state index in [4.69, 9.17) is 10.5 Å². The molecular weight excluding hydrogens is 261 g/mol. The van der Waals surface area contributed by atoms with Crippen LogP contribution in [0.2, 0.25) is 0 Å². The number of halogens is 2. The van der Waals surface area contributed by atoms with Gasteiger partial charge in [0.25, 0.3) is 0 Å². The maximum atomic E-state index is 13.1. The molecule has 4 heteroatoms. The summed E-state index contributed by atoms with van der Waals surface area (Å²) in [6, 6.07) is 4.26. The highest BCUT2D eigenvalue weighted by molar-refractivity contribution is 9.10. The molecular formula is C11H11BrFNO. The minimum absolute atomic E-state index is 0.298. The number of nitrogens with two attached hydrogens (primary N) is 1. The van der Waals surface area contributed by atoms with Gasteiger partial charge in [-0.05, 0) is 29.8 Å². The molecule has 1 aromatic carbocycles. The zero-order valence-electron chi connectivity index (χ0n) is 8.04. The summed E-state index contributed by atoms with van der Waals surface area (Å²) in [7, 11) is 0. The van der Waals surface area contributed by atoms with Crippen molar-refractivity contribution in [1.82, 2.24) is 0 Å². The predicted molar refractivity (Wildman–Crippen MR) is 59.7 cm³/mol. The van der Waals surface area contributed by atoms with Crippen LogP contribution >= 0.6 is 15.9 Å². The molecule has 1 aliphatic heterocycles. The van der Waals surface area contributed by atoms with Crippen molar-refractivity contribution in [2.24, 2.45) is 5.73 Å². The Hall–Kier alpha value is -0.870. The lowest BCUT2D eigenvalue weighted by Gasteiger charge is -2.13. The molecule has 2 rings (SSSR count). The van der Waals surface area contributed by atoms with Gasteiger partial charge in [0.05, 0.1) is 12.6 Å². The van der Waals surface area contributed by atoms with E-state index >= 15 is 0 Å². The highest BCUT2D eigenvalue weighted by Crippen LogP contribution is 2.26. The van der Waals surface area contributed by atoms with E-state index in [0.29, 0.717) is 11.1 Å². The first-order valence-corrected chi connectivity index (χ1v) is 5.50. The molecule has 0 aromatic heterocycles. The molecule has 80 valence electrons. The zero-order valence-corrected chi connectivity index (χ0v) is 9.63. The van der Waals surface area contributed by atoms with Crippen LogP contribution in [-0.4, -0.2) is 6.61 Å². The minimum Gasteiger partial charge on any atom is -0.496 e. The van der Waals surface area contributed by atoms with Gasteiger partial charge in [-0.15, -0.1) is 0 Å². The molecule has 1 heterocycles. The van der Waals surface area contributed by atoms with Crippen LogP contribution in [0.15, 0.2) is 34.5 Å². The lowest BCUT2D eigenvalue weighted by atomic mass is 10.1. The molecule has 0 spiro atoms. The summed E-state index contributed by atoms with van der Waals surface area (Å²) in [5.74, 6) is 0.431. The molecule has 0 saturated heterocycles. The summed E-state index contributed by atoms with van der Waals surface area (Å²) in [5.41, 5.74) is 6.67. The molecule has 0 aliphatic carbocycles. The van der Waals surface area contributed by atoms with Crippen molar-refractivity contribution >= 4 is 15.9 Å². The van der Waals surface area contributed by atoms with Crippen molar-refractivity contribution in [2.75, 3.05) is 6.61 Å². The second-order valence-corrected chi connectivity index (χ2v) is 4.34. The number of rotatable bonds is 2. The SMILES string of the molecule is NC(C1=CCCO1)c1cc(F)cc(Br)c1. The normalized spacial score (nSPS) is 17.1. The van der Waals surface area contributed by atoms with Crippen LogP contribution in [0.4, 0.5) is 4.39 Å². The summed E-state index contributed by atoms with van der Waals surface area (Å²) in [5, 5.41) is 0. The molecule has 0 amide bonds. The fraction of sp³-hybridized carbons (Fsp3) is 0.273. The van der Waals surface area contributed by atoms with Crippen LogP contribution in [0.25, 0.3) is 0 Å². The Morgan fingerprint density at radius 3 is 2.80 bits per heavy atom. The first-order chi connectivity index (χ1) is 7.16. The van der Waals surface area contributed by atoms with Crippen LogP contribution in [0.5, 0.6) is 0 Å². The topological polar surface area (TPSA) is 35.2 Å². The molecule has 0 saturated carbocycles. The van der Waals surface area contributed by atoms with Gasteiger partial charge in [-0.25, -0.2) is 4.39 Å². The van der Waals surface area contributed by atoms with E-state index in [9.17, 15) is 4.39 Å². The molecule has 2 N–H and O–H groups in total. The molecule has 1 aliphatic rings. The van der Waals surface area contributed by atoms with Crippen LogP contribution in [0.1, 0.15) is 18.0 Å². The van der Waals surface area contributed by atoms with E-state index in [1.54, 1.807) is 6.07 Å². The number of hydrogen-bond donors (Lipinski definition) is 1. The van der Waals surface area contributed by atoms with Gasteiger partial charge in [0.15, 0.2) is 0 Å². The second kappa shape index (κ2) is 4.33. The highest BCUT2D eigenvalue weighted by Gasteiger charge is 2.17. The smallest absolute Gasteiger partial charge is 0.124 e. The maximum Gasteiger partial charge on any atom is 0.124 e. The number of hydrogen-bond acceptors (Lipinski definition) is 2. The quantitative estimate of drug-likeness (QED) is 0.898. The summed E-state index contributed by atoms with van der Waals surface area (Å²) < 4.78 is 19.2. The first kappa shape index (κ1) is 10.6. The average molecular weight is 272 g/mol. The molecule has 0 fully saturated rings. The standard InChI is InChI=1S/C11H11BrFNO/c12-8-4-7(5-9(13)6-8)11(14)10-2-1-3-15-10/h2,4-6,11H,1,3,14H2. The Labute approximate surface area is 96.0 Å². The van der Waals surface area contributed by atoms with Crippen molar-refractivity contribution < 1.29 is 9.13 Å². The first-order valence-electron chi connectivity index (χ1n) is 4.71.